The van der Waals surface area contributed by atoms with Gasteiger partial charge >= 0.3 is 0 Å². The van der Waals surface area contributed by atoms with Crippen LogP contribution in [0.2, 0.25) is 0 Å². The van der Waals surface area contributed by atoms with Crippen LogP contribution in [0.4, 0.5) is 5.82 Å². The molecular formula is C28H29N5O2. The second-order valence-electron chi connectivity index (χ2n) is 9.41. The SMILES string of the molecule is CC1=C(C(=O)Nc2ccc(C)cn2)[C@@H](c2cnn(C)c2C)C2=C(C[C@H](c3ccccc3)CC2=O)N1. The van der Waals surface area contributed by atoms with Crippen LogP contribution in [0.25, 0.3) is 0 Å². The topological polar surface area (TPSA) is 88.9 Å². The maximum atomic E-state index is 13.7. The van der Waals surface area contributed by atoms with Gasteiger partial charge in [-0.15, -0.1) is 0 Å². The number of dihydropyridines is 1. The number of hydrogen-bond donors (Lipinski definition) is 2. The van der Waals surface area contributed by atoms with Crippen LogP contribution in [0.1, 0.15) is 54.0 Å². The lowest BCUT2D eigenvalue weighted by atomic mass is 9.71. The number of anilines is 1. The van der Waals surface area contributed by atoms with Gasteiger partial charge in [-0.05, 0) is 50.3 Å². The van der Waals surface area contributed by atoms with Crippen LogP contribution in [0.3, 0.4) is 0 Å². The lowest BCUT2D eigenvalue weighted by molar-refractivity contribution is -0.116. The van der Waals surface area contributed by atoms with Crippen molar-refractivity contribution in [2.75, 3.05) is 5.32 Å². The highest BCUT2D eigenvalue weighted by atomic mass is 16.2. The molecule has 1 aromatic carbocycles. The van der Waals surface area contributed by atoms with Gasteiger partial charge in [-0.1, -0.05) is 36.4 Å². The standard InChI is InChI=1S/C28H29N5O2/c1-16-10-11-24(29-14-16)32-28(35)25-17(2)31-22-12-20(19-8-6-5-7-9-19)13-23(34)27(22)26(25)21-15-30-33(4)18(21)3/h5-11,14-15,20,26,31H,12-13H2,1-4H3,(H,29,32,35)/t20-,26+/m0/s1. The summed E-state index contributed by atoms with van der Waals surface area (Å²) in [6.45, 7) is 5.82. The molecule has 0 saturated heterocycles. The summed E-state index contributed by atoms with van der Waals surface area (Å²) in [5.74, 6) is -0.127. The summed E-state index contributed by atoms with van der Waals surface area (Å²) in [7, 11) is 1.87. The first kappa shape index (κ1) is 22.8. The first-order valence-corrected chi connectivity index (χ1v) is 11.8. The number of ketones is 1. The summed E-state index contributed by atoms with van der Waals surface area (Å²) >= 11 is 0. The molecule has 0 fully saturated rings. The summed E-state index contributed by atoms with van der Waals surface area (Å²) in [6, 6.07) is 13.8. The molecule has 2 atom stereocenters. The lowest BCUT2D eigenvalue weighted by Gasteiger charge is -2.36. The Morgan fingerprint density at radius 2 is 1.83 bits per heavy atom. The molecule has 0 radical (unpaired) electrons. The van der Waals surface area contributed by atoms with E-state index in [1.807, 2.05) is 52.1 Å². The Morgan fingerprint density at radius 1 is 1.06 bits per heavy atom. The van der Waals surface area contributed by atoms with E-state index in [1.165, 1.54) is 0 Å². The van der Waals surface area contributed by atoms with Crippen molar-refractivity contribution in [2.45, 2.75) is 45.4 Å². The fourth-order valence-corrected chi connectivity index (χ4v) is 5.14. The predicted molar refractivity (Wildman–Crippen MR) is 135 cm³/mol. The number of nitrogens with zero attached hydrogens (tertiary/aromatic N) is 3. The van der Waals surface area contributed by atoms with Crippen LogP contribution in [0.15, 0.2) is 77.4 Å². The van der Waals surface area contributed by atoms with E-state index >= 15 is 0 Å². The molecule has 3 heterocycles. The Morgan fingerprint density at radius 3 is 2.49 bits per heavy atom. The molecule has 0 spiro atoms. The van der Waals surface area contributed by atoms with Crippen molar-refractivity contribution >= 4 is 17.5 Å². The van der Waals surface area contributed by atoms with E-state index in [0.29, 0.717) is 29.8 Å². The average molecular weight is 468 g/mol. The highest BCUT2D eigenvalue weighted by molar-refractivity contribution is 6.09. The number of hydrogen-bond acceptors (Lipinski definition) is 5. The number of rotatable bonds is 4. The van der Waals surface area contributed by atoms with Crippen molar-refractivity contribution in [1.29, 1.82) is 0 Å². The largest absolute Gasteiger partial charge is 0.362 e. The molecule has 3 aromatic rings. The molecular weight excluding hydrogens is 438 g/mol. The third-order valence-electron chi connectivity index (χ3n) is 7.08. The fourth-order valence-electron chi connectivity index (χ4n) is 5.14. The third kappa shape index (κ3) is 4.18. The van der Waals surface area contributed by atoms with Crippen molar-refractivity contribution in [3.63, 3.8) is 0 Å². The van der Waals surface area contributed by atoms with E-state index in [0.717, 1.165) is 33.8 Å². The number of nitrogens with one attached hydrogen (secondary N) is 2. The highest BCUT2D eigenvalue weighted by Gasteiger charge is 2.42. The lowest BCUT2D eigenvalue weighted by Crippen LogP contribution is -2.37. The van der Waals surface area contributed by atoms with Crippen LogP contribution >= 0.6 is 0 Å². The van der Waals surface area contributed by atoms with Crippen LogP contribution in [-0.4, -0.2) is 26.5 Å². The Hall–Kier alpha value is -4.00. The molecule has 0 saturated carbocycles. The summed E-state index contributed by atoms with van der Waals surface area (Å²) in [6.07, 6.45) is 4.62. The van der Waals surface area contributed by atoms with E-state index in [-0.39, 0.29) is 17.6 Å². The van der Waals surface area contributed by atoms with Crippen LogP contribution < -0.4 is 10.6 Å². The fraction of sp³-hybridized carbons (Fsp3) is 0.286. The van der Waals surface area contributed by atoms with Crippen molar-refractivity contribution in [3.8, 4) is 0 Å². The number of Topliss-reactive ketones (excluding diaryl/α,β-unsaturated/α-hetero) is 1. The third-order valence-corrected chi connectivity index (χ3v) is 7.08. The van der Waals surface area contributed by atoms with Crippen molar-refractivity contribution in [2.24, 2.45) is 7.05 Å². The summed E-state index contributed by atoms with van der Waals surface area (Å²) in [4.78, 5) is 31.6. The van der Waals surface area contributed by atoms with Crippen LogP contribution in [0, 0.1) is 13.8 Å². The Balaban J connectivity index is 1.57. The second-order valence-corrected chi connectivity index (χ2v) is 9.41. The van der Waals surface area contributed by atoms with Gasteiger partial charge in [0.15, 0.2) is 5.78 Å². The number of aryl methyl sites for hydroxylation is 2. The second kappa shape index (κ2) is 8.98. The molecule has 7 nitrogen and oxygen atoms in total. The number of benzene rings is 1. The molecule has 7 heteroatoms. The Kier molecular flexibility index (Phi) is 5.84. The number of carbonyl (C=O) groups excluding carboxylic acids is 2. The molecule has 0 unspecified atom stereocenters. The van der Waals surface area contributed by atoms with Gasteiger partial charge in [0.25, 0.3) is 5.91 Å². The van der Waals surface area contributed by atoms with Gasteiger partial charge in [0.05, 0.1) is 6.20 Å². The molecule has 2 aliphatic rings. The normalized spacial score (nSPS) is 19.9. The summed E-state index contributed by atoms with van der Waals surface area (Å²) < 4.78 is 1.78. The van der Waals surface area contributed by atoms with Crippen molar-refractivity contribution in [1.82, 2.24) is 20.1 Å². The minimum absolute atomic E-state index is 0.0621. The Bertz CT molecular complexity index is 1370. The molecule has 35 heavy (non-hydrogen) atoms. The first-order valence-electron chi connectivity index (χ1n) is 11.8. The van der Waals surface area contributed by atoms with Gasteiger partial charge in [0.1, 0.15) is 5.82 Å². The molecule has 1 aliphatic carbocycles. The minimum Gasteiger partial charge on any atom is -0.362 e. The highest BCUT2D eigenvalue weighted by Crippen LogP contribution is 2.46. The molecule has 2 aromatic heterocycles. The van der Waals surface area contributed by atoms with Gasteiger partial charge < -0.3 is 10.6 Å². The zero-order valence-electron chi connectivity index (χ0n) is 20.4. The number of carbonyl (C=O) groups is 2. The quantitative estimate of drug-likeness (QED) is 0.593. The molecule has 1 aliphatic heterocycles. The summed E-state index contributed by atoms with van der Waals surface area (Å²) in [5, 5.41) is 10.8. The van der Waals surface area contributed by atoms with Crippen molar-refractivity contribution < 1.29 is 9.59 Å². The van der Waals surface area contributed by atoms with E-state index in [1.54, 1.807) is 23.1 Å². The zero-order valence-corrected chi connectivity index (χ0v) is 20.4. The van der Waals surface area contributed by atoms with Crippen molar-refractivity contribution in [3.05, 3.63) is 99.8 Å². The molecule has 0 bridgehead atoms. The van der Waals surface area contributed by atoms with Crippen LogP contribution in [-0.2, 0) is 16.6 Å². The molecule has 2 N–H and O–H groups in total. The van der Waals surface area contributed by atoms with E-state index in [9.17, 15) is 9.59 Å². The average Bonchev–Trinajstić information content (AvgIpc) is 3.17. The smallest absolute Gasteiger partial charge is 0.255 e. The van der Waals surface area contributed by atoms with Gasteiger partial charge in [-0.25, -0.2) is 4.98 Å². The number of amides is 1. The Labute approximate surface area is 205 Å². The number of allylic oxidation sites excluding steroid dienone is 3. The van der Waals surface area contributed by atoms with E-state index in [4.69, 9.17) is 0 Å². The zero-order chi connectivity index (χ0) is 24.7. The monoisotopic (exact) mass is 467 g/mol. The van der Waals surface area contributed by atoms with Gasteiger partial charge in [-0.2, -0.15) is 5.10 Å². The van der Waals surface area contributed by atoms with E-state index < -0.39 is 5.92 Å². The van der Waals surface area contributed by atoms with Gasteiger partial charge in [-0.3, -0.25) is 14.3 Å². The minimum atomic E-state index is -0.491. The first-order chi connectivity index (χ1) is 16.8. The molecule has 1 amide bonds. The molecule has 178 valence electrons. The number of pyridine rings is 1. The van der Waals surface area contributed by atoms with Gasteiger partial charge in [0, 0.05) is 59.4 Å². The van der Waals surface area contributed by atoms with Crippen LogP contribution in [0.5, 0.6) is 0 Å². The van der Waals surface area contributed by atoms with E-state index in [2.05, 4.69) is 32.8 Å². The van der Waals surface area contributed by atoms with Gasteiger partial charge in [0.2, 0.25) is 0 Å². The maximum Gasteiger partial charge on any atom is 0.255 e. The molecule has 5 rings (SSSR count). The summed E-state index contributed by atoms with van der Waals surface area (Å²) in [5.41, 5.74) is 6.78. The maximum absolute atomic E-state index is 13.7. The number of aromatic nitrogens is 3. The predicted octanol–water partition coefficient (Wildman–Crippen LogP) is 4.43.